The van der Waals surface area contributed by atoms with Crippen LogP contribution in [-0.2, 0) is 16.6 Å². The van der Waals surface area contributed by atoms with Crippen molar-refractivity contribution in [1.82, 2.24) is 14.8 Å². The molecule has 30 heavy (non-hydrogen) atoms. The molecule has 1 aromatic heterocycles. The zero-order valence-electron chi connectivity index (χ0n) is 16.7. The van der Waals surface area contributed by atoms with Gasteiger partial charge in [-0.3, -0.25) is 0 Å². The first-order valence-corrected chi connectivity index (χ1v) is 11.8. The van der Waals surface area contributed by atoms with Gasteiger partial charge in [0.1, 0.15) is 0 Å². The second kappa shape index (κ2) is 8.89. The molecule has 4 rings (SSSR count). The molecule has 2 heterocycles. The summed E-state index contributed by atoms with van der Waals surface area (Å²) >= 11 is 5.95. The molecule has 0 atom stereocenters. The van der Waals surface area contributed by atoms with Gasteiger partial charge in [0.05, 0.1) is 17.1 Å². The van der Waals surface area contributed by atoms with Gasteiger partial charge >= 0.3 is 0 Å². The van der Waals surface area contributed by atoms with Crippen molar-refractivity contribution < 1.29 is 12.9 Å². The van der Waals surface area contributed by atoms with Gasteiger partial charge in [-0.25, -0.2) is 8.42 Å². The first-order valence-electron chi connectivity index (χ1n) is 9.94. The van der Waals surface area contributed by atoms with Crippen LogP contribution in [0.4, 0.5) is 0 Å². The Morgan fingerprint density at radius 2 is 1.77 bits per heavy atom. The summed E-state index contributed by atoms with van der Waals surface area (Å²) in [5.74, 6) is 0.583. The Hall–Kier alpha value is -2.19. The predicted octanol–water partition coefficient (Wildman–Crippen LogP) is 4.25. The van der Waals surface area contributed by atoms with Gasteiger partial charge < -0.3 is 9.84 Å². The lowest BCUT2D eigenvalue weighted by molar-refractivity contribution is 0.251. The van der Waals surface area contributed by atoms with Crippen LogP contribution in [0.3, 0.4) is 0 Å². The van der Waals surface area contributed by atoms with Crippen LogP contribution < -0.4 is 5.32 Å². The molecule has 0 bridgehead atoms. The summed E-state index contributed by atoms with van der Waals surface area (Å²) in [6.07, 6.45) is 1.51. The quantitative estimate of drug-likeness (QED) is 0.614. The van der Waals surface area contributed by atoms with Crippen molar-refractivity contribution in [3.63, 3.8) is 0 Å². The van der Waals surface area contributed by atoms with Crippen LogP contribution in [0.2, 0.25) is 5.02 Å². The number of piperidine rings is 1. The monoisotopic (exact) mass is 445 g/mol. The van der Waals surface area contributed by atoms with Crippen molar-refractivity contribution in [2.24, 2.45) is 0 Å². The first kappa shape index (κ1) is 21.1. The summed E-state index contributed by atoms with van der Waals surface area (Å²) in [6, 6.07) is 15.9. The summed E-state index contributed by atoms with van der Waals surface area (Å²) < 4.78 is 34.0. The Morgan fingerprint density at radius 3 is 2.43 bits per heavy atom. The molecular weight excluding hydrogens is 422 g/mol. The van der Waals surface area contributed by atoms with Crippen LogP contribution >= 0.6 is 11.6 Å². The topological polar surface area (TPSA) is 75.4 Å². The molecule has 1 saturated heterocycles. The fourth-order valence-corrected chi connectivity index (χ4v) is 5.43. The van der Waals surface area contributed by atoms with Crippen LogP contribution in [0, 0.1) is 6.92 Å². The summed E-state index contributed by atoms with van der Waals surface area (Å²) in [6.45, 7) is 3.69. The van der Waals surface area contributed by atoms with E-state index < -0.39 is 10.0 Å². The van der Waals surface area contributed by atoms with E-state index in [4.69, 9.17) is 16.1 Å². The van der Waals surface area contributed by atoms with E-state index in [-0.39, 0.29) is 12.6 Å². The van der Waals surface area contributed by atoms with Gasteiger partial charge in [0.25, 0.3) is 0 Å². The predicted molar refractivity (Wildman–Crippen MR) is 117 cm³/mol. The minimum Gasteiger partial charge on any atom is -0.356 e. The smallest absolute Gasteiger partial charge is 0.243 e. The van der Waals surface area contributed by atoms with Gasteiger partial charge in [0.15, 0.2) is 5.76 Å². The summed E-state index contributed by atoms with van der Waals surface area (Å²) in [7, 11) is -3.67. The number of aromatic nitrogens is 1. The molecule has 8 heteroatoms. The van der Waals surface area contributed by atoms with E-state index in [1.807, 2.05) is 31.2 Å². The highest BCUT2D eigenvalue weighted by atomic mass is 35.5. The van der Waals surface area contributed by atoms with E-state index >= 15 is 0 Å². The third kappa shape index (κ3) is 4.59. The molecule has 0 aliphatic carbocycles. The van der Waals surface area contributed by atoms with Crippen LogP contribution in [0.25, 0.3) is 11.3 Å². The molecule has 0 saturated carbocycles. The van der Waals surface area contributed by atoms with Gasteiger partial charge in [-0.05, 0) is 69.3 Å². The fourth-order valence-electron chi connectivity index (χ4n) is 3.65. The Kier molecular flexibility index (Phi) is 6.24. The lowest BCUT2D eigenvalue weighted by Gasteiger charge is -2.33. The normalized spacial score (nSPS) is 15.6. The number of nitrogens with one attached hydrogen (secondary N) is 1. The lowest BCUT2D eigenvalue weighted by atomic mass is 10.1. The zero-order chi connectivity index (χ0) is 21.1. The second-order valence-corrected chi connectivity index (χ2v) is 9.86. The molecule has 1 aliphatic rings. The van der Waals surface area contributed by atoms with Gasteiger partial charge in [-0.2, -0.15) is 4.31 Å². The number of rotatable bonds is 6. The highest BCUT2D eigenvalue weighted by Gasteiger charge is 2.33. The summed E-state index contributed by atoms with van der Waals surface area (Å²) in [4.78, 5) is 0.299. The molecule has 6 nitrogen and oxygen atoms in total. The van der Waals surface area contributed by atoms with Crippen molar-refractivity contribution in [2.75, 3.05) is 13.1 Å². The molecule has 2 aromatic carbocycles. The Morgan fingerprint density at radius 1 is 1.10 bits per heavy atom. The minimum atomic E-state index is -3.67. The van der Waals surface area contributed by atoms with E-state index in [1.165, 1.54) is 0 Å². The van der Waals surface area contributed by atoms with Gasteiger partial charge in [0, 0.05) is 22.7 Å². The molecular formula is C22H24ClN3O3S. The Labute approximate surface area is 181 Å². The zero-order valence-corrected chi connectivity index (χ0v) is 18.3. The first-order chi connectivity index (χ1) is 14.4. The number of benzene rings is 2. The molecule has 1 aliphatic heterocycles. The fraction of sp³-hybridized carbons (Fsp3) is 0.318. The number of nitrogens with zero attached hydrogens (tertiary/aromatic N) is 2. The molecule has 0 unspecified atom stereocenters. The van der Waals surface area contributed by atoms with Crippen molar-refractivity contribution in [3.8, 4) is 11.3 Å². The van der Waals surface area contributed by atoms with Crippen LogP contribution in [0.15, 0.2) is 64.0 Å². The third-order valence-corrected chi connectivity index (χ3v) is 7.51. The van der Waals surface area contributed by atoms with Crippen molar-refractivity contribution in [1.29, 1.82) is 0 Å². The van der Waals surface area contributed by atoms with Crippen molar-refractivity contribution in [3.05, 3.63) is 70.9 Å². The van der Waals surface area contributed by atoms with Crippen LogP contribution in [0.1, 0.15) is 24.1 Å². The number of halogens is 1. The molecule has 1 N–H and O–H groups in total. The molecule has 0 amide bonds. The summed E-state index contributed by atoms with van der Waals surface area (Å²) in [5.41, 5.74) is 2.44. The van der Waals surface area contributed by atoms with E-state index in [0.717, 1.165) is 37.1 Å². The Bertz CT molecular complexity index is 1090. The minimum absolute atomic E-state index is 0.0896. The SMILES string of the molecule is Cc1ccc(S(=O)(=O)N(Cc2cc(-c3ccc(Cl)cc3)on2)C2CCNCC2)cc1. The lowest BCUT2D eigenvalue weighted by Crippen LogP contribution is -2.45. The number of hydrogen-bond donors (Lipinski definition) is 1. The van der Waals surface area contributed by atoms with E-state index in [0.29, 0.717) is 21.4 Å². The maximum Gasteiger partial charge on any atom is 0.243 e. The second-order valence-electron chi connectivity index (χ2n) is 7.53. The number of hydrogen-bond acceptors (Lipinski definition) is 5. The molecule has 3 aromatic rings. The largest absolute Gasteiger partial charge is 0.356 e. The van der Waals surface area contributed by atoms with Crippen LogP contribution in [-0.4, -0.2) is 37.0 Å². The van der Waals surface area contributed by atoms with Gasteiger partial charge in [-0.15, -0.1) is 0 Å². The van der Waals surface area contributed by atoms with Crippen molar-refractivity contribution >= 4 is 21.6 Å². The maximum absolute atomic E-state index is 13.5. The third-order valence-electron chi connectivity index (χ3n) is 5.35. The maximum atomic E-state index is 13.5. The summed E-state index contributed by atoms with van der Waals surface area (Å²) in [5, 5.41) is 8.08. The van der Waals surface area contributed by atoms with E-state index in [1.54, 1.807) is 34.6 Å². The number of sulfonamides is 1. The molecule has 158 valence electrons. The number of aryl methyl sites for hydroxylation is 1. The molecule has 1 fully saturated rings. The van der Waals surface area contributed by atoms with Gasteiger partial charge in [-0.1, -0.05) is 34.5 Å². The highest BCUT2D eigenvalue weighted by molar-refractivity contribution is 7.89. The van der Waals surface area contributed by atoms with Gasteiger partial charge in [0.2, 0.25) is 10.0 Å². The molecule has 0 radical (unpaired) electrons. The van der Waals surface area contributed by atoms with Crippen molar-refractivity contribution in [2.45, 2.75) is 37.2 Å². The molecule has 0 spiro atoms. The standard InChI is InChI=1S/C22H24ClN3O3S/c1-16-2-8-21(9-3-16)30(27,28)26(20-10-12-24-13-11-20)15-19-14-22(29-25-19)17-4-6-18(23)7-5-17/h2-9,14,20,24H,10-13,15H2,1H3. The van der Waals surface area contributed by atoms with E-state index in [9.17, 15) is 8.42 Å². The highest BCUT2D eigenvalue weighted by Crippen LogP contribution is 2.27. The average molecular weight is 446 g/mol. The van der Waals surface area contributed by atoms with Crippen LogP contribution in [0.5, 0.6) is 0 Å². The van der Waals surface area contributed by atoms with E-state index in [2.05, 4.69) is 10.5 Å². The Balaban J connectivity index is 1.63. The average Bonchev–Trinajstić information content (AvgIpc) is 3.22.